The molecule has 3 nitrogen and oxygen atoms in total. The fourth-order valence-electron chi connectivity index (χ4n) is 2.54. The molecule has 0 radical (unpaired) electrons. The number of carbonyl (C=O) groups is 1. The maximum Gasteiger partial charge on any atom is 0.260 e. The number of amides is 1. The minimum Gasteiger partial charge on any atom is -0.305 e. The van der Waals surface area contributed by atoms with Gasteiger partial charge >= 0.3 is 0 Å². The largest absolute Gasteiger partial charge is 0.305 e. The lowest BCUT2D eigenvalue weighted by molar-refractivity contribution is 0.0975. The van der Waals surface area contributed by atoms with Crippen molar-refractivity contribution in [2.75, 3.05) is 4.90 Å². The van der Waals surface area contributed by atoms with E-state index in [0.717, 1.165) is 5.69 Å². The van der Waals surface area contributed by atoms with Gasteiger partial charge in [0.15, 0.2) is 0 Å². The molecule has 0 aliphatic heterocycles. The fraction of sp³-hybridized carbons (Fsp3) is 0.294. The van der Waals surface area contributed by atoms with Crippen LogP contribution in [0.5, 0.6) is 0 Å². The molecule has 0 N–H and O–H groups in total. The van der Waals surface area contributed by atoms with E-state index < -0.39 is 0 Å². The molecule has 0 unspecified atom stereocenters. The molecule has 2 aromatic rings. The Morgan fingerprint density at radius 1 is 1.20 bits per heavy atom. The summed E-state index contributed by atoms with van der Waals surface area (Å²) in [6, 6.07) is 13.8. The van der Waals surface area contributed by atoms with Crippen molar-refractivity contribution in [1.29, 1.82) is 0 Å². The van der Waals surface area contributed by atoms with Crippen LogP contribution in [0.15, 0.2) is 54.9 Å². The summed E-state index contributed by atoms with van der Waals surface area (Å²) in [5.74, 6) is 0.652. The average Bonchev–Trinajstić information content (AvgIpc) is 3.34. The first-order chi connectivity index (χ1) is 9.77. The first-order valence-corrected chi connectivity index (χ1v) is 7.06. The Kier molecular flexibility index (Phi) is 3.50. The van der Waals surface area contributed by atoms with E-state index in [1.165, 1.54) is 12.8 Å². The van der Waals surface area contributed by atoms with Gasteiger partial charge in [0, 0.05) is 24.1 Å². The van der Waals surface area contributed by atoms with Crippen molar-refractivity contribution in [3.63, 3.8) is 0 Å². The third-order valence-corrected chi connectivity index (χ3v) is 3.87. The minimum atomic E-state index is 0.0312. The summed E-state index contributed by atoms with van der Waals surface area (Å²) in [7, 11) is 0. The highest BCUT2D eigenvalue weighted by atomic mass is 16.2. The zero-order valence-corrected chi connectivity index (χ0v) is 11.6. The summed E-state index contributed by atoms with van der Waals surface area (Å²) in [5, 5.41) is 0. The number of para-hydroxylation sites is 1. The Morgan fingerprint density at radius 3 is 2.55 bits per heavy atom. The minimum absolute atomic E-state index is 0.0312. The maximum absolute atomic E-state index is 12.8. The van der Waals surface area contributed by atoms with Gasteiger partial charge in [-0.2, -0.15) is 0 Å². The van der Waals surface area contributed by atoms with Gasteiger partial charge in [-0.1, -0.05) is 18.2 Å². The topological polar surface area (TPSA) is 33.2 Å². The van der Waals surface area contributed by atoms with Gasteiger partial charge < -0.3 is 4.90 Å². The summed E-state index contributed by atoms with van der Waals surface area (Å²) in [6.45, 7) is 2.14. The van der Waals surface area contributed by atoms with Crippen molar-refractivity contribution in [3.8, 4) is 0 Å². The predicted molar refractivity (Wildman–Crippen MR) is 79.7 cm³/mol. The van der Waals surface area contributed by atoms with Gasteiger partial charge in [-0.15, -0.1) is 0 Å². The molecule has 1 atom stereocenters. The van der Waals surface area contributed by atoms with Crippen molar-refractivity contribution >= 4 is 11.6 Å². The van der Waals surface area contributed by atoms with Gasteiger partial charge in [-0.25, -0.2) is 0 Å². The maximum atomic E-state index is 12.8. The van der Waals surface area contributed by atoms with Gasteiger partial charge in [0.1, 0.15) is 0 Å². The molecule has 1 aromatic heterocycles. The van der Waals surface area contributed by atoms with Gasteiger partial charge in [-0.05, 0) is 49.9 Å². The number of nitrogens with zero attached hydrogens (tertiary/aromatic N) is 2. The van der Waals surface area contributed by atoms with Crippen molar-refractivity contribution in [2.45, 2.75) is 25.8 Å². The van der Waals surface area contributed by atoms with Crippen molar-refractivity contribution in [2.24, 2.45) is 5.92 Å². The zero-order valence-electron chi connectivity index (χ0n) is 11.6. The molecule has 3 heteroatoms. The Labute approximate surface area is 119 Å². The van der Waals surface area contributed by atoms with Gasteiger partial charge in [-0.3, -0.25) is 9.78 Å². The lowest BCUT2D eigenvalue weighted by Crippen LogP contribution is -2.40. The second kappa shape index (κ2) is 5.45. The normalized spacial score (nSPS) is 15.7. The second-order valence-corrected chi connectivity index (χ2v) is 5.33. The summed E-state index contributed by atoms with van der Waals surface area (Å²) in [5.41, 5.74) is 1.60. The molecule has 1 heterocycles. The summed E-state index contributed by atoms with van der Waals surface area (Å²) in [6.07, 6.45) is 5.75. The molecule has 1 saturated carbocycles. The quantitative estimate of drug-likeness (QED) is 0.848. The smallest absolute Gasteiger partial charge is 0.260 e. The third kappa shape index (κ3) is 2.57. The lowest BCUT2D eigenvalue weighted by Gasteiger charge is -2.29. The number of hydrogen-bond donors (Lipinski definition) is 0. The van der Waals surface area contributed by atoms with Crippen LogP contribution in [0.2, 0.25) is 0 Å². The molecule has 3 rings (SSSR count). The highest BCUT2D eigenvalue weighted by molar-refractivity contribution is 6.06. The van der Waals surface area contributed by atoms with E-state index in [4.69, 9.17) is 0 Å². The first-order valence-electron chi connectivity index (χ1n) is 7.06. The van der Waals surface area contributed by atoms with E-state index in [0.29, 0.717) is 11.5 Å². The van der Waals surface area contributed by atoms with Crippen LogP contribution < -0.4 is 4.90 Å². The summed E-state index contributed by atoms with van der Waals surface area (Å²) < 4.78 is 0. The summed E-state index contributed by atoms with van der Waals surface area (Å²) >= 11 is 0. The Bertz CT molecular complexity index is 578. The average molecular weight is 266 g/mol. The van der Waals surface area contributed by atoms with Crippen LogP contribution in [0.4, 0.5) is 5.69 Å². The van der Waals surface area contributed by atoms with Crippen molar-refractivity contribution < 1.29 is 4.79 Å². The molecule has 0 bridgehead atoms. The molecule has 20 heavy (non-hydrogen) atoms. The Morgan fingerprint density at radius 2 is 1.95 bits per heavy atom. The van der Waals surface area contributed by atoms with Crippen molar-refractivity contribution in [3.05, 3.63) is 60.4 Å². The van der Waals surface area contributed by atoms with Crippen molar-refractivity contribution in [1.82, 2.24) is 4.98 Å². The van der Waals surface area contributed by atoms with Crippen LogP contribution in [0.1, 0.15) is 30.1 Å². The number of carbonyl (C=O) groups excluding carboxylic acids is 1. The van der Waals surface area contributed by atoms with E-state index in [1.807, 2.05) is 41.3 Å². The number of benzene rings is 1. The molecule has 1 aliphatic carbocycles. The van der Waals surface area contributed by atoms with Crippen LogP contribution in [-0.4, -0.2) is 16.9 Å². The molecular formula is C17H18N2O. The monoisotopic (exact) mass is 266 g/mol. The van der Waals surface area contributed by atoms with Crippen LogP contribution in [0.3, 0.4) is 0 Å². The molecule has 0 saturated heterocycles. The number of rotatable bonds is 4. The Balaban J connectivity index is 1.95. The number of aromatic nitrogens is 1. The van der Waals surface area contributed by atoms with E-state index in [9.17, 15) is 4.79 Å². The van der Waals surface area contributed by atoms with E-state index in [-0.39, 0.29) is 11.9 Å². The van der Waals surface area contributed by atoms with Crippen LogP contribution >= 0.6 is 0 Å². The second-order valence-electron chi connectivity index (χ2n) is 5.33. The molecule has 102 valence electrons. The highest BCUT2D eigenvalue weighted by Crippen LogP contribution is 2.37. The molecule has 1 aliphatic rings. The first kappa shape index (κ1) is 12.9. The standard InChI is InChI=1S/C17H18N2O/c1-13(14-9-10-14)19(16-7-3-2-4-8-16)17(20)15-6-5-11-18-12-15/h2-8,11-14H,9-10H2,1H3/t13-/m1/s1. The number of pyridine rings is 1. The van der Waals surface area contributed by atoms with Gasteiger partial charge in [0.25, 0.3) is 5.91 Å². The fourth-order valence-corrected chi connectivity index (χ4v) is 2.54. The molecule has 1 fully saturated rings. The summed E-state index contributed by atoms with van der Waals surface area (Å²) in [4.78, 5) is 18.8. The molecule has 0 spiro atoms. The zero-order chi connectivity index (χ0) is 13.9. The molecule has 1 aromatic carbocycles. The van der Waals surface area contributed by atoms with Gasteiger partial charge in [0.2, 0.25) is 0 Å². The van der Waals surface area contributed by atoms with Crippen LogP contribution in [-0.2, 0) is 0 Å². The van der Waals surface area contributed by atoms with E-state index in [2.05, 4.69) is 11.9 Å². The SMILES string of the molecule is C[C@H](C1CC1)N(C(=O)c1cccnc1)c1ccccc1. The lowest BCUT2D eigenvalue weighted by atomic mass is 10.1. The molecule has 1 amide bonds. The highest BCUT2D eigenvalue weighted by Gasteiger charge is 2.35. The van der Waals surface area contributed by atoms with E-state index in [1.54, 1.807) is 18.5 Å². The molecular weight excluding hydrogens is 248 g/mol. The Hall–Kier alpha value is -2.16. The van der Waals surface area contributed by atoms with Gasteiger partial charge in [0.05, 0.1) is 5.56 Å². The number of hydrogen-bond acceptors (Lipinski definition) is 2. The van der Waals surface area contributed by atoms with Crippen LogP contribution in [0, 0.1) is 5.92 Å². The number of anilines is 1. The van der Waals surface area contributed by atoms with E-state index >= 15 is 0 Å². The third-order valence-electron chi connectivity index (χ3n) is 3.87. The van der Waals surface area contributed by atoms with Crippen LogP contribution in [0.25, 0.3) is 0 Å². The predicted octanol–water partition coefficient (Wildman–Crippen LogP) is 3.53.